The van der Waals surface area contributed by atoms with Crippen LogP contribution >= 0.6 is 59.1 Å². The number of hydrogen-bond acceptors (Lipinski definition) is 1. The number of hydrogen-bond donors (Lipinski definition) is 0. The fourth-order valence-corrected chi connectivity index (χ4v) is 3.85. The lowest BCUT2D eigenvalue weighted by Crippen LogP contribution is -1.77. The summed E-state index contributed by atoms with van der Waals surface area (Å²) in [5.41, 5.74) is 1.29. The minimum absolute atomic E-state index is 0.893. The van der Waals surface area contributed by atoms with Crippen molar-refractivity contribution in [3.63, 3.8) is 0 Å². The van der Waals surface area contributed by atoms with Crippen LogP contribution in [0, 0.1) is 0 Å². The number of fused-ring (bicyclic) bond motifs is 1. The third-order valence-corrected chi connectivity index (χ3v) is 5.32. The number of halogens is 3. The molecule has 0 N–H and O–H groups in total. The third-order valence-electron chi connectivity index (χ3n) is 1.80. The van der Waals surface area contributed by atoms with Gasteiger partial charge in [0.15, 0.2) is 0 Å². The molecule has 0 saturated heterocycles. The van der Waals surface area contributed by atoms with Gasteiger partial charge in [-0.2, -0.15) is 0 Å². The molecule has 0 aliphatic heterocycles. The first-order chi connectivity index (χ1) is 6.22. The maximum atomic E-state index is 3.57. The van der Waals surface area contributed by atoms with Gasteiger partial charge in [0.05, 0.1) is 0 Å². The smallest absolute Gasteiger partial charge is 0.0496 e. The average Bonchev–Trinajstić information content (AvgIpc) is 2.48. The first-order valence-corrected chi connectivity index (χ1v) is 7.22. The van der Waals surface area contributed by atoms with Crippen molar-refractivity contribution in [1.82, 2.24) is 0 Å². The predicted octanol–water partition coefficient (Wildman–Crippen LogP) is 5.32. The van der Waals surface area contributed by atoms with Crippen molar-refractivity contribution < 1.29 is 0 Å². The van der Waals surface area contributed by atoms with Crippen LogP contribution in [0.4, 0.5) is 0 Å². The molecule has 0 bridgehead atoms. The summed E-state index contributed by atoms with van der Waals surface area (Å²) in [6.45, 7) is 0. The zero-order chi connectivity index (χ0) is 9.42. The highest BCUT2D eigenvalue weighted by molar-refractivity contribution is 9.11. The Morgan fingerprint density at radius 3 is 2.62 bits per heavy atom. The van der Waals surface area contributed by atoms with Crippen LogP contribution in [0.25, 0.3) is 10.1 Å². The lowest BCUT2D eigenvalue weighted by molar-refractivity contribution is 1.46. The minimum atomic E-state index is 0.893. The molecule has 0 aliphatic carbocycles. The van der Waals surface area contributed by atoms with Crippen LogP contribution < -0.4 is 0 Å². The second-order valence-electron chi connectivity index (χ2n) is 2.67. The lowest BCUT2D eigenvalue weighted by Gasteiger charge is -1.99. The Labute approximate surface area is 106 Å². The predicted molar refractivity (Wildman–Crippen MR) is 69.9 cm³/mol. The Hall–Kier alpha value is 0.620. The van der Waals surface area contributed by atoms with Gasteiger partial charge in [-0.05, 0) is 49.6 Å². The molecule has 2 rings (SSSR count). The van der Waals surface area contributed by atoms with E-state index in [4.69, 9.17) is 0 Å². The summed E-state index contributed by atoms with van der Waals surface area (Å²) in [6.07, 6.45) is 0. The number of alkyl halides is 1. The molecule has 13 heavy (non-hydrogen) atoms. The molecule has 4 heteroatoms. The third kappa shape index (κ3) is 1.87. The summed E-state index contributed by atoms with van der Waals surface area (Å²) < 4.78 is 3.66. The molecular weight excluding hydrogens is 380 g/mol. The molecule has 2 aromatic rings. The van der Waals surface area contributed by atoms with Crippen molar-refractivity contribution in [3.8, 4) is 0 Å². The molecule has 68 valence electrons. The van der Waals surface area contributed by atoms with Gasteiger partial charge in [0.25, 0.3) is 0 Å². The summed E-state index contributed by atoms with van der Waals surface area (Å²) in [5, 5.41) is 4.30. The minimum Gasteiger partial charge on any atom is -0.141 e. The van der Waals surface area contributed by atoms with Crippen molar-refractivity contribution in [2.24, 2.45) is 0 Å². The van der Waals surface area contributed by atoms with Crippen LogP contribution in [-0.4, -0.2) is 0 Å². The fourth-order valence-electron chi connectivity index (χ4n) is 1.20. The van der Waals surface area contributed by atoms with Crippen molar-refractivity contribution in [1.29, 1.82) is 0 Å². The van der Waals surface area contributed by atoms with Crippen LogP contribution in [0.3, 0.4) is 0 Å². The first kappa shape index (κ1) is 10.1. The molecule has 0 unspecified atom stereocenters. The molecule has 1 heterocycles. The zero-order valence-corrected chi connectivity index (χ0v) is 12.1. The summed E-state index contributed by atoms with van der Waals surface area (Å²) in [4.78, 5) is 0. The van der Waals surface area contributed by atoms with Gasteiger partial charge in [0.2, 0.25) is 0 Å². The molecule has 0 amide bonds. The molecule has 0 nitrogen and oxygen atoms in total. The van der Waals surface area contributed by atoms with E-state index in [0.717, 1.165) is 5.33 Å². The molecule has 1 aromatic carbocycles. The van der Waals surface area contributed by atoms with Crippen molar-refractivity contribution in [3.05, 3.63) is 32.0 Å². The fraction of sp³-hybridized carbons (Fsp3) is 0.111. The molecule has 0 radical (unpaired) electrons. The van der Waals surface area contributed by atoms with Crippen LogP contribution in [-0.2, 0) is 5.33 Å². The highest BCUT2D eigenvalue weighted by atomic mass is 79.9. The van der Waals surface area contributed by atoms with Gasteiger partial charge < -0.3 is 0 Å². The van der Waals surface area contributed by atoms with Crippen LogP contribution in [0.1, 0.15) is 5.56 Å². The maximum absolute atomic E-state index is 3.57. The molecule has 0 saturated carbocycles. The summed E-state index contributed by atoms with van der Waals surface area (Å²) in [5.74, 6) is 0. The number of rotatable bonds is 1. The van der Waals surface area contributed by atoms with E-state index >= 15 is 0 Å². The van der Waals surface area contributed by atoms with Crippen LogP contribution in [0.15, 0.2) is 26.5 Å². The van der Waals surface area contributed by atoms with Crippen molar-refractivity contribution in [2.75, 3.05) is 0 Å². The number of benzene rings is 1. The average molecular weight is 385 g/mol. The van der Waals surface area contributed by atoms with E-state index in [1.54, 1.807) is 11.3 Å². The molecule has 1 aromatic heterocycles. The first-order valence-electron chi connectivity index (χ1n) is 3.63. The topological polar surface area (TPSA) is 0 Å². The van der Waals surface area contributed by atoms with Gasteiger partial charge >= 0.3 is 0 Å². The van der Waals surface area contributed by atoms with E-state index in [0.29, 0.717) is 0 Å². The van der Waals surface area contributed by atoms with Gasteiger partial charge in [-0.25, -0.2) is 0 Å². The van der Waals surface area contributed by atoms with Gasteiger partial charge in [0, 0.05) is 29.7 Å². The van der Waals surface area contributed by atoms with Crippen LogP contribution in [0.5, 0.6) is 0 Å². The quantitative estimate of drug-likeness (QED) is 0.583. The van der Waals surface area contributed by atoms with Gasteiger partial charge in [-0.1, -0.05) is 15.9 Å². The van der Waals surface area contributed by atoms with Crippen molar-refractivity contribution in [2.45, 2.75) is 5.33 Å². The molecule has 0 atom stereocenters. The van der Waals surface area contributed by atoms with E-state index in [2.05, 4.69) is 65.3 Å². The normalized spacial score (nSPS) is 11.0. The van der Waals surface area contributed by atoms with Gasteiger partial charge in [-0.3, -0.25) is 0 Å². The second kappa shape index (κ2) is 4.01. The Morgan fingerprint density at radius 2 is 1.92 bits per heavy atom. The van der Waals surface area contributed by atoms with Crippen LogP contribution in [0.2, 0.25) is 0 Å². The Morgan fingerprint density at radius 1 is 1.15 bits per heavy atom. The number of thiophene rings is 1. The SMILES string of the molecule is BrCc1cc(Br)c2scc(Br)c2c1. The second-order valence-corrected chi connectivity index (χ2v) is 5.82. The highest BCUT2D eigenvalue weighted by Gasteiger charge is 2.06. The highest BCUT2D eigenvalue weighted by Crippen LogP contribution is 2.36. The van der Waals surface area contributed by atoms with E-state index in [9.17, 15) is 0 Å². The zero-order valence-electron chi connectivity index (χ0n) is 6.48. The van der Waals surface area contributed by atoms with Crippen molar-refractivity contribution >= 4 is 69.2 Å². The molecule has 0 spiro atoms. The summed E-state index contributed by atoms with van der Waals surface area (Å²) in [6, 6.07) is 4.36. The Kier molecular flexibility index (Phi) is 3.13. The van der Waals surface area contributed by atoms with E-state index in [1.165, 1.54) is 24.6 Å². The molecule has 0 fully saturated rings. The maximum Gasteiger partial charge on any atom is 0.0496 e. The van der Waals surface area contributed by atoms with E-state index in [-0.39, 0.29) is 0 Å². The van der Waals surface area contributed by atoms with E-state index < -0.39 is 0 Å². The summed E-state index contributed by atoms with van der Waals surface area (Å²) >= 11 is 12.3. The standard InChI is InChI=1S/C9H5Br3S/c10-3-5-1-6-8(12)4-13-9(6)7(11)2-5/h1-2,4H,3H2. The van der Waals surface area contributed by atoms with E-state index in [1.807, 2.05) is 0 Å². The Bertz CT molecular complexity index is 447. The van der Waals surface area contributed by atoms with Gasteiger partial charge in [-0.15, -0.1) is 11.3 Å². The molecular formula is C9H5Br3S. The largest absolute Gasteiger partial charge is 0.141 e. The Balaban J connectivity index is 2.80. The summed E-state index contributed by atoms with van der Waals surface area (Å²) in [7, 11) is 0. The van der Waals surface area contributed by atoms with Gasteiger partial charge in [0.1, 0.15) is 0 Å². The lowest BCUT2D eigenvalue weighted by atomic mass is 10.2. The monoisotopic (exact) mass is 382 g/mol. The molecule has 0 aliphatic rings.